The molecule has 0 spiro atoms. The van der Waals surface area contributed by atoms with Crippen molar-refractivity contribution < 1.29 is 18.4 Å². The number of rotatable bonds is 4. The molecule has 0 radical (unpaired) electrons. The van der Waals surface area contributed by atoms with Crippen molar-refractivity contribution in [2.24, 2.45) is 5.84 Å². The first-order chi connectivity index (χ1) is 9.51. The number of benzene rings is 1. The number of anilines is 1. The Morgan fingerprint density at radius 1 is 1.30 bits per heavy atom. The molecular formula is C11H8F2N4O3. The number of nitrogen functional groups attached to an aromatic ring is 1. The summed E-state index contributed by atoms with van der Waals surface area (Å²) in [5.74, 6) is 2.54. The Morgan fingerprint density at radius 2 is 2.05 bits per heavy atom. The van der Waals surface area contributed by atoms with Crippen molar-refractivity contribution in [1.29, 1.82) is 0 Å². The molecule has 0 unspecified atom stereocenters. The number of hydrazine groups is 1. The number of hydrogen-bond acceptors (Lipinski definition) is 6. The lowest BCUT2D eigenvalue weighted by Crippen LogP contribution is -2.09. The molecule has 0 saturated heterocycles. The number of nitrogens with two attached hydrogens (primary N) is 1. The van der Waals surface area contributed by atoms with Crippen LogP contribution in [0.1, 0.15) is 0 Å². The number of ether oxygens (including phenoxy) is 1. The molecular weight excluding hydrogens is 274 g/mol. The number of hydrogen-bond donors (Lipinski definition) is 2. The minimum atomic E-state index is -0.881. The lowest BCUT2D eigenvalue weighted by Gasteiger charge is -2.07. The molecule has 0 amide bonds. The highest BCUT2D eigenvalue weighted by Crippen LogP contribution is 2.32. The normalized spacial score (nSPS) is 10.2. The second-order valence-electron chi connectivity index (χ2n) is 3.60. The highest BCUT2D eigenvalue weighted by Gasteiger charge is 2.20. The lowest BCUT2D eigenvalue weighted by molar-refractivity contribution is -0.386. The highest BCUT2D eigenvalue weighted by molar-refractivity contribution is 5.50. The molecule has 0 saturated carbocycles. The smallest absolute Gasteiger partial charge is 0.331 e. The summed E-state index contributed by atoms with van der Waals surface area (Å²) in [5, 5.41) is 10.8. The molecule has 0 aliphatic rings. The number of nitro groups is 1. The van der Waals surface area contributed by atoms with E-state index in [2.05, 4.69) is 10.4 Å². The van der Waals surface area contributed by atoms with Crippen molar-refractivity contribution >= 4 is 11.5 Å². The van der Waals surface area contributed by atoms with Gasteiger partial charge in [-0.2, -0.15) is 4.98 Å². The van der Waals surface area contributed by atoms with Crippen molar-refractivity contribution in [2.45, 2.75) is 0 Å². The molecule has 0 aliphatic heterocycles. The average Bonchev–Trinajstić information content (AvgIpc) is 2.42. The van der Waals surface area contributed by atoms with E-state index in [1.54, 1.807) is 0 Å². The van der Waals surface area contributed by atoms with Crippen molar-refractivity contribution in [1.82, 2.24) is 4.98 Å². The van der Waals surface area contributed by atoms with E-state index >= 15 is 0 Å². The predicted molar refractivity (Wildman–Crippen MR) is 65.1 cm³/mol. The molecule has 7 nitrogen and oxygen atoms in total. The maximum absolute atomic E-state index is 13.4. The van der Waals surface area contributed by atoms with Crippen LogP contribution in [0.25, 0.3) is 0 Å². The predicted octanol–water partition coefficient (Wildman–Crippen LogP) is 2.35. The molecule has 0 bridgehead atoms. The summed E-state index contributed by atoms with van der Waals surface area (Å²) in [6.07, 6.45) is 0. The van der Waals surface area contributed by atoms with Crippen molar-refractivity contribution in [3.63, 3.8) is 0 Å². The van der Waals surface area contributed by atoms with Crippen LogP contribution in [0.5, 0.6) is 11.6 Å². The van der Waals surface area contributed by atoms with Crippen LogP contribution in [0.15, 0.2) is 30.3 Å². The molecule has 0 atom stereocenters. The Labute approximate surface area is 111 Å². The Hall–Kier alpha value is -2.81. The van der Waals surface area contributed by atoms with Gasteiger partial charge in [0.05, 0.1) is 4.92 Å². The third-order valence-corrected chi connectivity index (χ3v) is 2.28. The largest absolute Gasteiger partial charge is 0.430 e. The fourth-order valence-corrected chi connectivity index (χ4v) is 1.39. The molecule has 0 fully saturated rings. The van der Waals surface area contributed by atoms with E-state index in [-0.39, 0.29) is 5.82 Å². The molecule has 9 heteroatoms. The van der Waals surface area contributed by atoms with E-state index in [1.165, 1.54) is 6.07 Å². The Bertz CT molecular complexity index is 666. The van der Waals surface area contributed by atoms with E-state index in [0.29, 0.717) is 0 Å². The van der Waals surface area contributed by atoms with Crippen LogP contribution in [0.2, 0.25) is 0 Å². The molecule has 1 heterocycles. The maximum Gasteiger partial charge on any atom is 0.331 e. The third kappa shape index (κ3) is 2.78. The number of aromatic nitrogens is 1. The number of nitrogens with zero attached hydrogens (tertiary/aromatic N) is 2. The molecule has 3 N–H and O–H groups in total. The Morgan fingerprint density at radius 3 is 2.70 bits per heavy atom. The monoisotopic (exact) mass is 282 g/mol. The summed E-state index contributed by atoms with van der Waals surface area (Å²) in [7, 11) is 0. The van der Waals surface area contributed by atoms with Gasteiger partial charge in [0.1, 0.15) is 11.6 Å². The summed E-state index contributed by atoms with van der Waals surface area (Å²) < 4.78 is 31.4. The van der Waals surface area contributed by atoms with E-state index in [4.69, 9.17) is 10.6 Å². The van der Waals surface area contributed by atoms with Gasteiger partial charge in [0, 0.05) is 12.1 Å². The van der Waals surface area contributed by atoms with Crippen LogP contribution in [-0.2, 0) is 0 Å². The van der Waals surface area contributed by atoms with Gasteiger partial charge >= 0.3 is 11.6 Å². The highest BCUT2D eigenvalue weighted by atomic mass is 19.1. The number of nitrogens with one attached hydrogen (secondary N) is 1. The Kier molecular flexibility index (Phi) is 3.71. The van der Waals surface area contributed by atoms with Crippen LogP contribution in [0.3, 0.4) is 0 Å². The van der Waals surface area contributed by atoms with Gasteiger partial charge in [0.25, 0.3) is 0 Å². The summed E-state index contributed by atoms with van der Waals surface area (Å²) in [6, 6.07) is 4.80. The van der Waals surface area contributed by atoms with Gasteiger partial charge in [0.2, 0.25) is 0 Å². The van der Waals surface area contributed by atoms with Gasteiger partial charge in [-0.15, -0.1) is 0 Å². The van der Waals surface area contributed by atoms with Gasteiger partial charge < -0.3 is 10.2 Å². The van der Waals surface area contributed by atoms with Crippen LogP contribution >= 0.6 is 0 Å². The van der Waals surface area contributed by atoms with Crippen LogP contribution in [-0.4, -0.2) is 9.91 Å². The van der Waals surface area contributed by atoms with E-state index in [0.717, 1.165) is 24.3 Å². The summed E-state index contributed by atoms with van der Waals surface area (Å²) in [4.78, 5) is 13.8. The van der Waals surface area contributed by atoms with E-state index in [1.807, 2.05) is 0 Å². The maximum atomic E-state index is 13.4. The minimum absolute atomic E-state index is 0.0717. The SMILES string of the molecule is NNc1ccc([N+](=O)[O-])c(Oc2cc(F)ccc2F)n1. The minimum Gasteiger partial charge on any atom is -0.430 e. The standard InChI is InChI=1S/C11H8F2N4O3/c12-6-1-2-7(13)9(5-6)20-11-8(17(18)19)3-4-10(15-11)16-14/h1-5H,14H2,(H,15,16). The number of pyridine rings is 1. The zero-order valence-corrected chi connectivity index (χ0v) is 9.84. The topological polar surface area (TPSA) is 103 Å². The first kappa shape index (κ1) is 13.6. The second-order valence-corrected chi connectivity index (χ2v) is 3.60. The van der Waals surface area contributed by atoms with Crippen molar-refractivity contribution in [3.8, 4) is 11.6 Å². The first-order valence-electron chi connectivity index (χ1n) is 5.26. The van der Waals surface area contributed by atoms with E-state index in [9.17, 15) is 18.9 Å². The zero-order chi connectivity index (χ0) is 14.7. The number of halogens is 2. The zero-order valence-electron chi connectivity index (χ0n) is 9.84. The molecule has 0 aliphatic carbocycles. The van der Waals surface area contributed by atoms with Gasteiger partial charge in [0.15, 0.2) is 11.6 Å². The first-order valence-corrected chi connectivity index (χ1v) is 5.26. The van der Waals surface area contributed by atoms with Gasteiger partial charge in [-0.1, -0.05) is 0 Å². The van der Waals surface area contributed by atoms with Crippen LogP contribution < -0.4 is 16.0 Å². The molecule has 2 rings (SSSR count). The van der Waals surface area contributed by atoms with E-state index < -0.39 is 33.9 Å². The summed E-state index contributed by atoms with van der Waals surface area (Å²) >= 11 is 0. The summed E-state index contributed by atoms with van der Waals surface area (Å²) in [6.45, 7) is 0. The van der Waals surface area contributed by atoms with Crippen LogP contribution in [0, 0.1) is 21.7 Å². The molecule has 20 heavy (non-hydrogen) atoms. The molecule has 1 aromatic heterocycles. The van der Waals surface area contributed by atoms with Gasteiger partial charge in [-0.3, -0.25) is 10.1 Å². The fourth-order valence-electron chi connectivity index (χ4n) is 1.39. The fraction of sp³-hybridized carbons (Fsp3) is 0. The second kappa shape index (κ2) is 5.45. The van der Waals surface area contributed by atoms with Crippen molar-refractivity contribution in [3.05, 3.63) is 52.1 Å². The Balaban J connectivity index is 2.45. The van der Waals surface area contributed by atoms with Gasteiger partial charge in [-0.05, 0) is 18.2 Å². The molecule has 2 aromatic rings. The third-order valence-electron chi connectivity index (χ3n) is 2.28. The molecule has 1 aromatic carbocycles. The van der Waals surface area contributed by atoms with Crippen molar-refractivity contribution in [2.75, 3.05) is 5.43 Å². The average molecular weight is 282 g/mol. The quantitative estimate of drug-likeness (QED) is 0.507. The van der Waals surface area contributed by atoms with Crippen LogP contribution in [0.4, 0.5) is 20.3 Å². The summed E-state index contributed by atoms with van der Waals surface area (Å²) in [5.41, 5.74) is 1.66. The molecule has 104 valence electrons. The lowest BCUT2D eigenvalue weighted by atomic mass is 10.3. The van der Waals surface area contributed by atoms with Gasteiger partial charge in [-0.25, -0.2) is 14.6 Å².